The van der Waals surface area contributed by atoms with Crippen LogP contribution in [0.5, 0.6) is 0 Å². The minimum Gasteiger partial charge on any atom is -0.310 e. The molecule has 0 radical (unpaired) electrons. The third-order valence-electron chi connectivity index (χ3n) is 13.6. The average Bonchev–Trinajstić information content (AvgIpc) is 3.89. The lowest BCUT2D eigenvalue weighted by atomic mass is 9.59. The maximum atomic E-state index is 2.54. The Kier molecular flexibility index (Phi) is 7.45. The first kappa shape index (κ1) is 35.2. The second-order valence-corrected chi connectivity index (χ2v) is 18.9. The molecule has 0 unspecified atom stereocenters. The zero-order valence-electron chi connectivity index (χ0n) is 34.0. The molecule has 1 aliphatic heterocycles. The van der Waals surface area contributed by atoms with Crippen molar-refractivity contribution in [3.63, 3.8) is 0 Å². The molecule has 0 amide bonds. The summed E-state index contributed by atoms with van der Waals surface area (Å²) in [6.45, 7) is 0. The third kappa shape index (κ3) is 4.85. The fourth-order valence-corrected chi connectivity index (χ4v) is 13.5. The van der Waals surface area contributed by atoms with Crippen LogP contribution in [0.15, 0.2) is 228 Å². The molecular formula is C59H36N2S2. The molecule has 2 aromatic heterocycles. The van der Waals surface area contributed by atoms with Crippen LogP contribution < -0.4 is 4.90 Å². The van der Waals surface area contributed by atoms with Crippen molar-refractivity contribution in [2.45, 2.75) is 15.2 Å². The van der Waals surface area contributed by atoms with E-state index in [1.54, 1.807) is 0 Å². The summed E-state index contributed by atoms with van der Waals surface area (Å²) in [5.74, 6) is 0. The molecule has 0 fully saturated rings. The van der Waals surface area contributed by atoms with E-state index in [0.29, 0.717) is 0 Å². The number of hydrogen-bond acceptors (Lipinski definition) is 3. The van der Waals surface area contributed by atoms with Crippen molar-refractivity contribution in [3.8, 4) is 16.8 Å². The molecule has 10 aromatic carbocycles. The van der Waals surface area contributed by atoms with Crippen LogP contribution >= 0.6 is 23.1 Å². The van der Waals surface area contributed by atoms with Crippen LogP contribution in [0, 0.1) is 0 Å². The van der Waals surface area contributed by atoms with Crippen LogP contribution in [0.4, 0.5) is 17.1 Å². The second-order valence-electron chi connectivity index (χ2n) is 16.8. The van der Waals surface area contributed by atoms with Gasteiger partial charge in [0.1, 0.15) is 0 Å². The number of nitrogens with zero attached hydrogens (tertiary/aromatic N) is 2. The number of para-hydroxylation sites is 2. The number of aromatic nitrogens is 1. The van der Waals surface area contributed by atoms with E-state index >= 15 is 0 Å². The van der Waals surface area contributed by atoms with Gasteiger partial charge in [-0.1, -0.05) is 157 Å². The van der Waals surface area contributed by atoms with E-state index in [1.165, 1.54) is 102 Å². The number of hydrogen-bond donors (Lipinski definition) is 0. The molecule has 12 aromatic rings. The summed E-state index contributed by atoms with van der Waals surface area (Å²) in [6, 6.07) is 81.8. The van der Waals surface area contributed by atoms with Crippen molar-refractivity contribution < 1.29 is 0 Å². The van der Waals surface area contributed by atoms with Gasteiger partial charge in [-0.05, 0) is 117 Å². The van der Waals surface area contributed by atoms with Gasteiger partial charge < -0.3 is 9.47 Å². The van der Waals surface area contributed by atoms with Gasteiger partial charge in [-0.25, -0.2) is 0 Å². The number of fused-ring (bicyclic) bond motifs is 14. The van der Waals surface area contributed by atoms with Crippen molar-refractivity contribution in [1.82, 2.24) is 4.57 Å². The molecule has 1 spiro atoms. The Labute approximate surface area is 372 Å². The van der Waals surface area contributed by atoms with E-state index in [1.807, 2.05) is 23.1 Å². The SMILES string of the molecule is c1ccc(-n2c3ccccc3c3ccc(N(c4ccc5c(c4)C4(c6ccccc6Sc6ccccc64)c4cccc6cccc-5c46)c4cccc5sc6ccccc6c45)cc32)cc1. The first-order valence-electron chi connectivity index (χ1n) is 21.6. The molecule has 294 valence electrons. The summed E-state index contributed by atoms with van der Waals surface area (Å²) < 4.78 is 5.00. The van der Waals surface area contributed by atoms with E-state index in [4.69, 9.17) is 0 Å². The third-order valence-corrected chi connectivity index (χ3v) is 15.9. The van der Waals surface area contributed by atoms with Crippen LogP contribution in [0.25, 0.3) is 69.6 Å². The minimum atomic E-state index is -0.561. The van der Waals surface area contributed by atoms with Gasteiger partial charge in [0.2, 0.25) is 0 Å². The molecule has 0 bridgehead atoms. The van der Waals surface area contributed by atoms with Crippen LogP contribution in [-0.2, 0) is 5.41 Å². The monoisotopic (exact) mass is 836 g/mol. The van der Waals surface area contributed by atoms with E-state index in [9.17, 15) is 0 Å². The molecule has 0 N–H and O–H groups in total. The lowest BCUT2D eigenvalue weighted by Crippen LogP contribution is -2.36. The van der Waals surface area contributed by atoms with Crippen molar-refractivity contribution in [1.29, 1.82) is 0 Å². The van der Waals surface area contributed by atoms with Crippen molar-refractivity contribution >= 4 is 92.9 Å². The van der Waals surface area contributed by atoms with Gasteiger partial charge in [0.25, 0.3) is 0 Å². The average molecular weight is 837 g/mol. The quantitative estimate of drug-likeness (QED) is 0.174. The summed E-state index contributed by atoms with van der Waals surface area (Å²) in [6.07, 6.45) is 0. The first-order chi connectivity index (χ1) is 31.3. The molecular weight excluding hydrogens is 801 g/mol. The second kappa shape index (κ2) is 13.3. The highest BCUT2D eigenvalue weighted by Gasteiger charge is 2.48. The Morgan fingerprint density at radius 3 is 1.87 bits per heavy atom. The maximum Gasteiger partial charge on any atom is 0.0736 e. The standard InChI is InChI=1S/C59H36N2S2/c1-2-17-38(18-3-1)61-50-25-8-4-19-42(50)43-34-32-40(36-52(43)61)60(51-26-14-30-56-58(51)45-20-5-9-27-53(45)62-56)39-31-33-41-44-21-12-15-37-16-13-24-48(57(37)44)59(49(41)35-39)46-22-6-10-28-54(46)63-55-29-11-7-23-47(55)59/h1-36H. The van der Waals surface area contributed by atoms with Crippen LogP contribution in [0.1, 0.15) is 22.3 Å². The molecule has 3 heterocycles. The summed E-state index contributed by atoms with van der Waals surface area (Å²) in [7, 11) is 0. The molecule has 4 heteroatoms. The Morgan fingerprint density at radius 1 is 0.397 bits per heavy atom. The Balaban J connectivity index is 1.12. The van der Waals surface area contributed by atoms with Gasteiger partial charge in [0, 0.05) is 57.8 Å². The van der Waals surface area contributed by atoms with Gasteiger partial charge in [-0.15, -0.1) is 11.3 Å². The van der Waals surface area contributed by atoms with E-state index < -0.39 is 5.41 Å². The Morgan fingerprint density at radius 2 is 1.03 bits per heavy atom. The molecule has 2 nitrogen and oxygen atoms in total. The fraction of sp³-hybridized carbons (Fsp3) is 0.0169. The van der Waals surface area contributed by atoms with Gasteiger partial charge in [0.05, 0.1) is 22.1 Å². The topological polar surface area (TPSA) is 8.17 Å². The molecule has 0 saturated heterocycles. The fourth-order valence-electron chi connectivity index (χ4n) is 11.1. The highest BCUT2D eigenvalue weighted by atomic mass is 32.2. The Bertz CT molecular complexity index is 3810. The number of thiophene rings is 1. The van der Waals surface area contributed by atoms with E-state index in [0.717, 1.165) is 17.1 Å². The van der Waals surface area contributed by atoms with Crippen molar-refractivity contribution in [2.75, 3.05) is 4.90 Å². The lowest BCUT2D eigenvalue weighted by molar-refractivity contribution is 0.707. The van der Waals surface area contributed by atoms with Gasteiger partial charge >= 0.3 is 0 Å². The number of benzene rings is 10. The summed E-state index contributed by atoms with van der Waals surface area (Å²) in [5, 5.41) is 7.64. The minimum absolute atomic E-state index is 0.561. The predicted molar refractivity (Wildman–Crippen MR) is 267 cm³/mol. The molecule has 1 aliphatic carbocycles. The smallest absolute Gasteiger partial charge is 0.0736 e. The molecule has 0 saturated carbocycles. The van der Waals surface area contributed by atoms with Gasteiger partial charge in [0.15, 0.2) is 0 Å². The molecule has 2 aliphatic rings. The summed E-state index contributed by atoms with van der Waals surface area (Å²) in [4.78, 5) is 5.14. The van der Waals surface area contributed by atoms with E-state index in [2.05, 4.69) is 228 Å². The number of rotatable bonds is 4. The maximum absolute atomic E-state index is 2.54. The molecule has 14 rings (SSSR count). The normalized spacial score (nSPS) is 13.5. The van der Waals surface area contributed by atoms with Crippen LogP contribution in [-0.4, -0.2) is 4.57 Å². The van der Waals surface area contributed by atoms with Crippen LogP contribution in [0.2, 0.25) is 0 Å². The highest BCUT2D eigenvalue weighted by molar-refractivity contribution is 7.99. The van der Waals surface area contributed by atoms with Crippen molar-refractivity contribution in [2.24, 2.45) is 0 Å². The van der Waals surface area contributed by atoms with E-state index in [-0.39, 0.29) is 0 Å². The first-order valence-corrected chi connectivity index (χ1v) is 23.2. The number of anilines is 3. The van der Waals surface area contributed by atoms with Crippen molar-refractivity contribution in [3.05, 3.63) is 241 Å². The zero-order chi connectivity index (χ0) is 41.2. The van der Waals surface area contributed by atoms with Gasteiger partial charge in [-0.2, -0.15) is 0 Å². The predicted octanol–water partition coefficient (Wildman–Crippen LogP) is 16.6. The summed E-state index contributed by atoms with van der Waals surface area (Å²) >= 11 is 3.76. The molecule has 0 atom stereocenters. The Hall–Kier alpha value is -7.37. The lowest BCUT2D eigenvalue weighted by Gasteiger charge is -2.46. The zero-order valence-corrected chi connectivity index (χ0v) is 35.6. The largest absolute Gasteiger partial charge is 0.310 e. The van der Waals surface area contributed by atoms with Gasteiger partial charge in [-0.3, -0.25) is 0 Å². The summed E-state index contributed by atoms with van der Waals surface area (Å²) in [5.41, 5.74) is 14.2. The highest BCUT2D eigenvalue weighted by Crippen LogP contribution is 2.62. The van der Waals surface area contributed by atoms with Crippen LogP contribution in [0.3, 0.4) is 0 Å². The molecule has 63 heavy (non-hydrogen) atoms.